The molecule has 0 saturated heterocycles. The minimum absolute atomic E-state index is 0.263. The molecule has 0 aliphatic rings. The molecule has 4 aromatic rings. The lowest BCUT2D eigenvalue weighted by Crippen LogP contribution is -2.11. The Balaban J connectivity index is 1.67. The van der Waals surface area contributed by atoms with E-state index in [0.29, 0.717) is 10.7 Å². The normalized spacial score (nSPS) is 11.7. The Labute approximate surface area is 157 Å². The fraction of sp³-hybridized carbons (Fsp3) is 0. The van der Waals surface area contributed by atoms with Gasteiger partial charge in [0, 0.05) is 5.56 Å². The molecule has 4 rings (SSSR count). The van der Waals surface area contributed by atoms with Gasteiger partial charge in [0.15, 0.2) is 0 Å². The van der Waals surface area contributed by atoms with Crippen molar-refractivity contribution in [1.29, 1.82) is 0 Å². The lowest BCUT2D eigenvalue weighted by Gasteiger charge is -2.08. The molecule has 2 aromatic carbocycles. The Morgan fingerprint density at radius 1 is 1.04 bits per heavy atom. The number of nitrogens with zero attached hydrogens (tertiary/aromatic N) is 1. The third-order valence-electron chi connectivity index (χ3n) is 3.51. The third kappa shape index (κ3) is 3.28. The molecule has 1 N–H and O–H groups in total. The van der Waals surface area contributed by atoms with Gasteiger partial charge in [0.05, 0.1) is 20.9 Å². The van der Waals surface area contributed by atoms with Crippen LogP contribution in [0, 0.1) is 0 Å². The van der Waals surface area contributed by atoms with Gasteiger partial charge in [-0.05, 0) is 41.8 Å². The van der Waals surface area contributed by atoms with E-state index < -0.39 is 10.0 Å². The molecule has 0 radical (unpaired) electrons. The number of benzene rings is 2. The average Bonchev–Trinajstić information content (AvgIpc) is 3.24. The van der Waals surface area contributed by atoms with Gasteiger partial charge < -0.3 is 0 Å². The van der Waals surface area contributed by atoms with Crippen LogP contribution in [0.1, 0.15) is 0 Å². The summed E-state index contributed by atoms with van der Waals surface area (Å²) in [6.07, 6.45) is 0. The van der Waals surface area contributed by atoms with E-state index in [1.165, 1.54) is 0 Å². The van der Waals surface area contributed by atoms with E-state index in [9.17, 15) is 8.42 Å². The van der Waals surface area contributed by atoms with E-state index in [-0.39, 0.29) is 4.21 Å². The molecule has 2 heterocycles. The van der Waals surface area contributed by atoms with Gasteiger partial charge in [0.2, 0.25) is 0 Å². The number of fused-ring (bicyclic) bond motifs is 1. The molecule has 25 heavy (non-hydrogen) atoms. The first kappa shape index (κ1) is 16.5. The molecule has 0 atom stereocenters. The number of para-hydroxylation sites is 1. The van der Waals surface area contributed by atoms with Gasteiger partial charge in [-0.2, -0.15) is 0 Å². The number of rotatable bonds is 4. The van der Waals surface area contributed by atoms with Crippen LogP contribution >= 0.6 is 34.3 Å². The van der Waals surface area contributed by atoms with Crippen molar-refractivity contribution in [2.24, 2.45) is 0 Å². The van der Waals surface area contributed by atoms with E-state index in [1.807, 2.05) is 24.3 Å². The molecule has 2 aromatic heterocycles. The van der Waals surface area contributed by atoms with Crippen molar-refractivity contribution >= 4 is 60.2 Å². The first-order valence-electron chi connectivity index (χ1n) is 7.25. The lowest BCUT2D eigenvalue weighted by molar-refractivity contribution is 0.603. The largest absolute Gasteiger partial charge is 0.279 e. The number of hydrogen-bond acceptors (Lipinski definition) is 5. The predicted molar refractivity (Wildman–Crippen MR) is 105 cm³/mol. The fourth-order valence-corrected chi connectivity index (χ4v) is 5.73. The number of aromatic nitrogens is 1. The summed E-state index contributed by atoms with van der Waals surface area (Å²) in [6, 6.07) is 16.2. The average molecular weight is 407 g/mol. The van der Waals surface area contributed by atoms with Gasteiger partial charge in [0.1, 0.15) is 9.22 Å². The summed E-state index contributed by atoms with van der Waals surface area (Å²) in [6.45, 7) is 0. The molecule has 0 aliphatic carbocycles. The summed E-state index contributed by atoms with van der Waals surface area (Å²) in [4.78, 5) is 4.59. The maximum atomic E-state index is 12.3. The topological polar surface area (TPSA) is 59.1 Å². The molecule has 0 saturated carbocycles. The second-order valence-electron chi connectivity index (χ2n) is 5.22. The molecule has 0 bridgehead atoms. The second kappa shape index (κ2) is 6.42. The number of sulfonamides is 1. The van der Waals surface area contributed by atoms with Crippen molar-refractivity contribution < 1.29 is 8.42 Å². The smallest absolute Gasteiger partial charge is 0.271 e. The molecular weight excluding hydrogens is 396 g/mol. The Bertz CT molecular complexity index is 1120. The summed E-state index contributed by atoms with van der Waals surface area (Å²) in [5, 5.41) is 2.97. The Morgan fingerprint density at radius 3 is 2.60 bits per heavy atom. The third-order valence-corrected chi connectivity index (χ3v) is 7.67. The maximum Gasteiger partial charge on any atom is 0.271 e. The lowest BCUT2D eigenvalue weighted by atomic mass is 10.2. The molecule has 126 valence electrons. The van der Waals surface area contributed by atoms with Crippen molar-refractivity contribution in [3.05, 3.63) is 65.0 Å². The second-order valence-corrected chi connectivity index (χ2v) is 9.51. The van der Waals surface area contributed by atoms with Crippen molar-refractivity contribution in [2.75, 3.05) is 4.72 Å². The van der Waals surface area contributed by atoms with Crippen LogP contribution < -0.4 is 4.72 Å². The fourth-order valence-electron chi connectivity index (χ4n) is 2.36. The zero-order valence-electron chi connectivity index (χ0n) is 12.6. The molecule has 0 amide bonds. The highest BCUT2D eigenvalue weighted by atomic mass is 35.5. The number of thiophene rings is 1. The first-order chi connectivity index (χ1) is 12.0. The highest BCUT2D eigenvalue weighted by Crippen LogP contribution is 2.36. The van der Waals surface area contributed by atoms with Crippen LogP contribution in [0.4, 0.5) is 5.69 Å². The monoisotopic (exact) mass is 406 g/mol. The van der Waals surface area contributed by atoms with Crippen molar-refractivity contribution in [1.82, 2.24) is 4.98 Å². The number of halogens is 1. The van der Waals surface area contributed by atoms with Crippen molar-refractivity contribution in [2.45, 2.75) is 4.21 Å². The minimum atomic E-state index is -3.59. The van der Waals surface area contributed by atoms with E-state index in [1.54, 1.807) is 47.0 Å². The maximum absolute atomic E-state index is 12.3. The van der Waals surface area contributed by atoms with E-state index in [0.717, 1.165) is 32.1 Å². The summed E-state index contributed by atoms with van der Waals surface area (Å²) < 4.78 is 28.5. The Kier molecular flexibility index (Phi) is 4.24. The van der Waals surface area contributed by atoms with Gasteiger partial charge in [-0.25, -0.2) is 13.4 Å². The van der Waals surface area contributed by atoms with Gasteiger partial charge >= 0.3 is 0 Å². The van der Waals surface area contributed by atoms with Crippen LogP contribution in [0.5, 0.6) is 0 Å². The van der Waals surface area contributed by atoms with Gasteiger partial charge in [-0.15, -0.1) is 22.7 Å². The molecule has 0 spiro atoms. The zero-order chi connectivity index (χ0) is 17.4. The molecule has 0 unspecified atom stereocenters. The summed E-state index contributed by atoms with van der Waals surface area (Å²) in [5.41, 5.74) is 2.12. The van der Waals surface area contributed by atoms with Crippen LogP contribution in [-0.2, 0) is 10.0 Å². The quantitative estimate of drug-likeness (QED) is 0.488. The van der Waals surface area contributed by atoms with Crippen molar-refractivity contribution in [3.63, 3.8) is 0 Å². The Morgan fingerprint density at radius 2 is 1.88 bits per heavy atom. The van der Waals surface area contributed by atoms with E-state index >= 15 is 0 Å². The van der Waals surface area contributed by atoms with Crippen molar-refractivity contribution in [3.8, 4) is 10.6 Å². The summed E-state index contributed by atoms with van der Waals surface area (Å²) >= 11 is 9.09. The highest BCUT2D eigenvalue weighted by molar-refractivity contribution is 7.94. The molecular formula is C17H11ClN2O2S3. The number of nitrogens with one attached hydrogen (secondary N) is 1. The molecule has 8 heteroatoms. The van der Waals surface area contributed by atoms with E-state index in [4.69, 9.17) is 11.6 Å². The minimum Gasteiger partial charge on any atom is -0.279 e. The summed E-state index contributed by atoms with van der Waals surface area (Å²) in [7, 11) is -3.59. The van der Waals surface area contributed by atoms with Gasteiger partial charge in [-0.3, -0.25) is 4.72 Å². The van der Waals surface area contributed by atoms with E-state index in [2.05, 4.69) is 9.71 Å². The predicted octanol–water partition coefficient (Wildman–Crippen LogP) is 5.48. The Hall–Kier alpha value is -1.93. The number of anilines is 1. The van der Waals surface area contributed by atoms with Crippen LogP contribution in [0.2, 0.25) is 5.02 Å². The first-order valence-corrected chi connectivity index (χ1v) is 10.8. The molecule has 4 nitrogen and oxygen atoms in total. The van der Waals surface area contributed by atoms with Crippen LogP contribution in [0.3, 0.4) is 0 Å². The van der Waals surface area contributed by atoms with Crippen LogP contribution in [0.15, 0.2) is 64.2 Å². The van der Waals surface area contributed by atoms with Gasteiger partial charge in [-0.1, -0.05) is 29.8 Å². The SMILES string of the molecule is O=S(=O)(Nc1ccc(-c2nc3ccccc3s2)c(Cl)c1)c1cccs1. The standard InChI is InChI=1S/C17H11ClN2O2S3/c18-13-10-11(20-25(21,22)16-6-3-9-23-16)7-8-12(13)17-19-14-4-1-2-5-15(14)24-17/h1-10,20H. The molecule has 0 aliphatic heterocycles. The zero-order valence-corrected chi connectivity index (χ0v) is 15.8. The summed E-state index contributed by atoms with van der Waals surface area (Å²) in [5.74, 6) is 0. The molecule has 0 fully saturated rings. The number of hydrogen-bond donors (Lipinski definition) is 1. The van der Waals surface area contributed by atoms with Gasteiger partial charge in [0.25, 0.3) is 10.0 Å². The van der Waals surface area contributed by atoms with Crippen LogP contribution in [-0.4, -0.2) is 13.4 Å². The van der Waals surface area contributed by atoms with Crippen LogP contribution in [0.25, 0.3) is 20.8 Å². The number of thiazole rings is 1. The highest BCUT2D eigenvalue weighted by Gasteiger charge is 2.16.